The van der Waals surface area contributed by atoms with Crippen LogP contribution >= 0.6 is 11.3 Å². The summed E-state index contributed by atoms with van der Waals surface area (Å²) in [5.41, 5.74) is 2.60. The number of thiazole rings is 1. The zero-order valence-corrected chi connectivity index (χ0v) is 19.2. The molecule has 0 spiro atoms. The lowest BCUT2D eigenvalue weighted by Gasteiger charge is -2.25. The minimum Gasteiger partial charge on any atom is -0.497 e. The van der Waals surface area contributed by atoms with Crippen LogP contribution < -0.4 is 14.5 Å². The quantitative estimate of drug-likeness (QED) is 0.509. The van der Waals surface area contributed by atoms with Gasteiger partial charge in [-0.25, -0.2) is 4.98 Å². The molecule has 0 aliphatic heterocycles. The topological polar surface area (TPSA) is 48.9 Å². The molecule has 3 rings (SSSR count). The number of amides is 1. The van der Waals surface area contributed by atoms with Crippen molar-refractivity contribution in [3.05, 3.63) is 48.0 Å². The van der Waals surface area contributed by atoms with Crippen LogP contribution in [0.1, 0.15) is 24.2 Å². The van der Waals surface area contributed by atoms with Crippen LogP contribution in [0, 0.1) is 0 Å². The molecule has 0 aliphatic rings. The van der Waals surface area contributed by atoms with Gasteiger partial charge in [-0.1, -0.05) is 25.2 Å². The molecular weight excluding hydrogens is 396 g/mol. The van der Waals surface area contributed by atoms with Gasteiger partial charge in [0.2, 0.25) is 0 Å². The monoisotopic (exact) mass is 426 g/mol. The predicted octanol–water partition coefficient (Wildman–Crippen LogP) is 4.36. The van der Waals surface area contributed by atoms with Crippen molar-refractivity contribution in [2.75, 3.05) is 57.2 Å². The lowest BCUT2D eigenvalue weighted by molar-refractivity contribution is 0.0984. The molecule has 1 aromatic heterocycles. The number of anilines is 2. The Kier molecular flexibility index (Phi) is 7.29. The molecule has 0 saturated heterocycles. The van der Waals surface area contributed by atoms with Crippen LogP contribution in [-0.2, 0) is 0 Å². The van der Waals surface area contributed by atoms with E-state index >= 15 is 0 Å². The van der Waals surface area contributed by atoms with Crippen molar-refractivity contribution in [3.63, 3.8) is 0 Å². The van der Waals surface area contributed by atoms with E-state index in [-0.39, 0.29) is 5.91 Å². The molecule has 0 saturated carbocycles. The zero-order chi connectivity index (χ0) is 21.7. The molecule has 160 valence electrons. The van der Waals surface area contributed by atoms with Gasteiger partial charge in [-0.2, -0.15) is 0 Å². The van der Waals surface area contributed by atoms with Gasteiger partial charge in [0.25, 0.3) is 5.91 Å². The summed E-state index contributed by atoms with van der Waals surface area (Å²) < 4.78 is 6.34. The molecule has 0 N–H and O–H groups in total. The SMILES string of the molecule is CCN(CC)CCN(C(=O)c1ccc(N(C)C)cc1)c1nc2ccc(OC)cc2s1. The Morgan fingerprint density at radius 2 is 1.73 bits per heavy atom. The molecule has 30 heavy (non-hydrogen) atoms. The van der Waals surface area contributed by atoms with Gasteiger partial charge in [0.1, 0.15) is 5.75 Å². The van der Waals surface area contributed by atoms with Crippen molar-refractivity contribution in [1.82, 2.24) is 9.88 Å². The first kappa shape index (κ1) is 22.1. The van der Waals surface area contributed by atoms with E-state index in [1.165, 1.54) is 11.3 Å². The number of rotatable bonds is 9. The number of hydrogen-bond acceptors (Lipinski definition) is 6. The second-order valence-corrected chi connectivity index (χ2v) is 8.26. The molecule has 1 heterocycles. The van der Waals surface area contributed by atoms with E-state index in [0.29, 0.717) is 17.2 Å². The molecule has 0 radical (unpaired) electrons. The van der Waals surface area contributed by atoms with Gasteiger partial charge < -0.3 is 14.5 Å². The van der Waals surface area contributed by atoms with Gasteiger partial charge in [-0.15, -0.1) is 0 Å². The number of carbonyl (C=O) groups excluding carboxylic acids is 1. The second kappa shape index (κ2) is 9.91. The summed E-state index contributed by atoms with van der Waals surface area (Å²) in [6.45, 7) is 7.57. The largest absolute Gasteiger partial charge is 0.497 e. The first-order valence-corrected chi connectivity index (χ1v) is 11.0. The zero-order valence-electron chi connectivity index (χ0n) is 18.4. The molecule has 0 aliphatic carbocycles. The van der Waals surface area contributed by atoms with Crippen molar-refractivity contribution in [2.24, 2.45) is 0 Å². The molecule has 2 aromatic carbocycles. The van der Waals surface area contributed by atoms with E-state index in [9.17, 15) is 4.79 Å². The Balaban J connectivity index is 1.94. The van der Waals surface area contributed by atoms with Crippen LogP contribution in [0.3, 0.4) is 0 Å². The molecular formula is C23H30N4O2S. The number of fused-ring (bicyclic) bond motifs is 1. The molecule has 0 bridgehead atoms. The Morgan fingerprint density at radius 3 is 2.33 bits per heavy atom. The first-order chi connectivity index (χ1) is 14.5. The number of carbonyl (C=O) groups is 1. The van der Waals surface area contributed by atoms with E-state index < -0.39 is 0 Å². The number of nitrogens with zero attached hydrogens (tertiary/aromatic N) is 4. The normalized spacial score (nSPS) is 11.1. The molecule has 6 nitrogen and oxygen atoms in total. The second-order valence-electron chi connectivity index (χ2n) is 7.26. The smallest absolute Gasteiger partial charge is 0.260 e. The third-order valence-corrected chi connectivity index (χ3v) is 6.27. The highest BCUT2D eigenvalue weighted by atomic mass is 32.1. The minimum absolute atomic E-state index is 0.0292. The van der Waals surface area contributed by atoms with Crippen LogP contribution in [0.4, 0.5) is 10.8 Å². The third kappa shape index (κ3) is 4.91. The van der Waals surface area contributed by atoms with Crippen molar-refractivity contribution in [1.29, 1.82) is 0 Å². The van der Waals surface area contributed by atoms with Gasteiger partial charge in [0.05, 0.1) is 17.3 Å². The molecule has 1 amide bonds. The molecule has 0 unspecified atom stereocenters. The van der Waals surface area contributed by atoms with Crippen LogP contribution in [-0.4, -0.2) is 63.2 Å². The number of hydrogen-bond donors (Lipinski definition) is 0. The molecule has 0 fully saturated rings. The Bertz CT molecular complexity index is 981. The van der Waals surface area contributed by atoms with E-state index in [4.69, 9.17) is 9.72 Å². The van der Waals surface area contributed by atoms with Crippen molar-refractivity contribution in [3.8, 4) is 5.75 Å². The van der Waals surface area contributed by atoms with Crippen LogP contribution in [0.25, 0.3) is 10.2 Å². The summed E-state index contributed by atoms with van der Waals surface area (Å²) in [6, 6.07) is 13.5. The van der Waals surface area contributed by atoms with Crippen LogP contribution in [0.2, 0.25) is 0 Å². The predicted molar refractivity (Wildman–Crippen MR) is 126 cm³/mol. The van der Waals surface area contributed by atoms with Gasteiger partial charge in [0, 0.05) is 38.4 Å². The highest BCUT2D eigenvalue weighted by molar-refractivity contribution is 7.22. The summed E-state index contributed by atoms with van der Waals surface area (Å²) >= 11 is 1.52. The number of benzene rings is 2. The van der Waals surface area contributed by atoms with E-state index in [0.717, 1.165) is 41.3 Å². The van der Waals surface area contributed by atoms with Crippen molar-refractivity contribution >= 4 is 38.3 Å². The summed E-state index contributed by atoms with van der Waals surface area (Å²) in [4.78, 5) is 24.3. The van der Waals surface area contributed by atoms with E-state index in [1.54, 1.807) is 12.0 Å². The maximum Gasteiger partial charge on any atom is 0.260 e. The van der Waals surface area contributed by atoms with Crippen molar-refractivity contribution in [2.45, 2.75) is 13.8 Å². The van der Waals surface area contributed by atoms with Gasteiger partial charge in [-0.05, 0) is 55.6 Å². The van der Waals surface area contributed by atoms with Crippen LogP contribution in [0.15, 0.2) is 42.5 Å². The fraction of sp³-hybridized carbons (Fsp3) is 0.391. The Hall–Kier alpha value is -2.64. The van der Waals surface area contributed by atoms with Gasteiger partial charge >= 0.3 is 0 Å². The number of ether oxygens (including phenoxy) is 1. The van der Waals surface area contributed by atoms with E-state index in [1.807, 2.05) is 61.5 Å². The summed E-state index contributed by atoms with van der Waals surface area (Å²) in [6.07, 6.45) is 0. The van der Waals surface area contributed by atoms with Gasteiger partial charge in [-0.3, -0.25) is 9.69 Å². The fourth-order valence-corrected chi connectivity index (χ4v) is 4.28. The average Bonchev–Trinajstić information content (AvgIpc) is 3.19. The molecule has 7 heteroatoms. The summed E-state index contributed by atoms with van der Waals surface area (Å²) in [7, 11) is 5.63. The first-order valence-electron chi connectivity index (χ1n) is 10.2. The van der Waals surface area contributed by atoms with Gasteiger partial charge in [0.15, 0.2) is 5.13 Å². The Labute approximate surface area is 182 Å². The number of aromatic nitrogens is 1. The maximum atomic E-state index is 13.5. The number of methoxy groups -OCH3 is 1. The summed E-state index contributed by atoms with van der Waals surface area (Å²) in [5, 5.41) is 0.715. The lowest BCUT2D eigenvalue weighted by atomic mass is 10.1. The standard InChI is InChI=1S/C23H30N4O2S/c1-6-26(7-2)14-15-27(22(28)17-8-10-18(11-9-17)25(3)4)23-24-20-13-12-19(29-5)16-21(20)30-23/h8-13,16H,6-7,14-15H2,1-5H3. The summed E-state index contributed by atoms with van der Waals surface area (Å²) in [5.74, 6) is 0.761. The Morgan fingerprint density at radius 1 is 1.03 bits per heavy atom. The average molecular weight is 427 g/mol. The molecule has 3 aromatic rings. The maximum absolute atomic E-state index is 13.5. The van der Waals surface area contributed by atoms with Crippen molar-refractivity contribution < 1.29 is 9.53 Å². The van der Waals surface area contributed by atoms with Crippen LogP contribution in [0.5, 0.6) is 5.75 Å². The lowest BCUT2D eigenvalue weighted by Crippen LogP contribution is -2.38. The highest BCUT2D eigenvalue weighted by Gasteiger charge is 2.22. The fourth-order valence-electron chi connectivity index (χ4n) is 3.26. The minimum atomic E-state index is -0.0292. The number of likely N-dealkylation sites (N-methyl/N-ethyl adjacent to an activating group) is 1. The third-order valence-electron chi connectivity index (χ3n) is 5.23. The van der Waals surface area contributed by atoms with E-state index in [2.05, 4.69) is 18.7 Å². The highest BCUT2D eigenvalue weighted by Crippen LogP contribution is 2.32. The molecule has 0 atom stereocenters.